The molecule has 2 N–H and O–H groups in total. The van der Waals surface area contributed by atoms with Crippen LogP contribution >= 0.6 is 0 Å². The molecule has 0 amide bonds. The Bertz CT molecular complexity index is 700. The second-order valence-electron chi connectivity index (χ2n) is 7.56. The number of anilines is 1. The number of nitrogens with zero attached hydrogens (tertiary/aromatic N) is 1. The summed E-state index contributed by atoms with van der Waals surface area (Å²) in [6, 6.07) is 7.71. The SMILES string of the molecule is c1cc2oc(C3CC3)nc2cc1NC1CCCC1C1CCCN1. The number of nitrogens with one attached hydrogen (secondary N) is 2. The van der Waals surface area contributed by atoms with Gasteiger partial charge in [0.1, 0.15) is 5.52 Å². The third-order valence-corrected chi connectivity index (χ3v) is 5.87. The molecule has 0 spiro atoms. The summed E-state index contributed by atoms with van der Waals surface area (Å²) < 4.78 is 5.87. The summed E-state index contributed by atoms with van der Waals surface area (Å²) in [6.45, 7) is 1.20. The maximum absolute atomic E-state index is 5.87. The second-order valence-corrected chi connectivity index (χ2v) is 7.56. The smallest absolute Gasteiger partial charge is 0.198 e. The Morgan fingerprint density at radius 3 is 2.87 bits per heavy atom. The van der Waals surface area contributed by atoms with Crippen LogP contribution in [-0.4, -0.2) is 23.6 Å². The third-order valence-electron chi connectivity index (χ3n) is 5.87. The first-order valence-electron chi connectivity index (χ1n) is 9.27. The van der Waals surface area contributed by atoms with Crippen LogP contribution in [0.25, 0.3) is 11.1 Å². The van der Waals surface area contributed by atoms with E-state index in [4.69, 9.17) is 4.42 Å². The Hall–Kier alpha value is -1.55. The molecule has 1 aromatic carbocycles. The molecule has 2 heterocycles. The van der Waals surface area contributed by atoms with E-state index in [0.717, 1.165) is 22.9 Å². The van der Waals surface area contributed by atoms with E-state index in [-0.39, 0.29) is 0 Å². The van der Waals surface area contributed by atoms with Crippen molar-refractivity contribution < 1.29 is 4.42 Å². The van der Waals surface area contributed by atoms with Gasteiger partial charge in [-0.1, -0.05) is 6.42 Å². The minimum Gasteiger partial charge on any atom is -0.440 e. The van der Waals surface area contributed by atoms with Crippen molar-refractivity contribution in [2.75, 3.05) is 11.9 Å². The fraction of sp³-hybridized carbons (Fsp3) is 0.632. The van der Waals surface area contributed by atoms with E-state index in [1.54, 1.807) is 0 Å². The topological polar surface area (TPSA) is 50.1 Å². The predicted octanol–water partition coefficient (Wildman–Crippen LogP) is 4.04. The molecule has 122 valence electrons. The number of benzene rings is 1. The fourth-order valence-corrected chi connectivity index (χ4v) is 4.48. The van der Waals surface area contributed by atoms with Gasteiger partial charge in [-0.25, -0.2) is 4.98 Å². The monoisotopic (exact) mass is 311 g/mol. The molecular weight excluding hydrogens is 286 g/mol. The molecule has 0 radical (unpaired) electrons. The normalized spacial score (nSPS) is 31.0. The molecule has 3 fully saturated rings. The lowest BCUT2D eigenvalue weighted by Crippen LogP contribution is -2.38. The van der Waals surface area contributed by atoms with E-state index in [1.807, 2.05) is 0 Å². The lowest BCUT2D eigenvalue weighted by Gasteiger charge is -2.27. The largest absolute Gasteiger partial charge is 0.440 e. The maximum Gasteiger partial charge on any atom is 0.198 e. The number of oxazole rings is 1. The highest BCUT2D eigenvalue weighted by Crippen LogP contribution is 2.41. The highest BCUT2D eigenvalue weighted by molar-refractivity contribution is 5.77. The lowest BCUT2D eigenvalue weighted by atomic mass is 9.93. The molecule has 5 rings (SSSR count). The van der Waals surface area contributed by atoms with Crippen LogP contribution < -0.4 is 10.6 Å². The molecule has 2 aromatic rings. The van der Waals surface area contributed by atoms with E-state index in [1.165, 1.54) is 57.2 Å². The molecule has 23 heavy (non-hydrogen) atoms. The number of aromatic nitrogens is 1. The third kappa shape index (κ3) is 2.63. The Kier molecular flexibility index (Phi) is 3.32. The summed E-state index contributed by atoms with van der Waals surface area (Å²) >= 11 is 0. The van der Waals surface area contributed by atoms with Gasteiger partial charge in [0.2, 0.25) is 0 Å². The molecular formula is C19H25N3O. The summed E-state index contributed by atoms with van der Waals surface area (Å²) in [5.41, 5.74) is 3.13. The zero-order valence-corrected chi connectivity index (χ0v) is 13.6. The van der Waals surface area contributed by atoms with Crippen molar-refractivity contribution in [3.8, 4) is 0 Å². The van der Waals surface area contributed by atoms with Crippen molar-refractivity contribution in [1.82, 2.24) is 10.3 Å². The van der Waals surface area contributed by atoms with Crippen LogP contribution in [0.3, 0.4) is 0 Å². The molecule has 1 aliphatic heterocycles. The molecule has 3 unspecified atom stereocenters. The Labute approximate surface area is 137 Å². The van der Waals surface area contributed by atoms with E-state index in [9.17, 15) is 0 Å². The second kappa shape index (κ2) is 5.52. The Morgan fingerprint density at radius 2 is 2.04 bits per heavy atom. The van der Waals surface area contributed by atoms with E-state index in [0.29, 0.717) is 18.0 Å². The summed E-state index contributed by atoms with van der Waals surface area (Å²) in [5.74, 6) is 2.28. The molecule has 3 atom stereocenters. The number of hydrogen-bond donors (Lipinski definition) is 2. The van der Waals surface area contributed by atoms with Gasteiger partial charge in [0.05, 0.1) is 0 Å². The fourth-order valence-electron chi connectivity index (χ4n) is 4.48. The van der Waals surface area contributed by atoms with Gasteiger partial charge in [-0.3, -0.25) is 0 Å². The first kappa shape index (κ1) is 13.8. The van der Waals surface area contributed by atoms with Crippen LogP contribution in [-0.2, 0) is 0 Å². The van der Waals surface area contributed by atoms with Crippen LogP contribution in [0.15, 0.2) is 22.6 Å². The minimum atomic E-state index is 0.575. The minimum absolute atomic E-state index is 0.575. The van der Waals surface area contributed by atoms with Crippen molar-refractivity contribution in [3.63, 3.8) is 0 Å². The van der Waals surface area contributed by atoms with Gasteiger partial charge in [0.25, 0.3) is 0 Å². The standard InChI is InChI=1S/C19H25N3O/c1-3-14(15-5-2-10-20-15)16(4-1)21-13-8-9-18-17(11-13)22-19(23-18)12-6-7-12/h8-9,11-12,14-16,20-21H,1-7,10H2. The average molecular weight is 311 g/mol. The van der Waals surface area contributed by atoms with Gasteiger partial charge in [-0.2, -0.15) is 0 Å². The summed E-state index contributed by atoms with van der Waals surface area (Å²) in [5, 5.41) is 7.49. The van der Waals surface area contributed by atoms with Crippen molar-refractivity contribution in [3.05, 3.63) is 24.1 Å². The maximum atomic E-state index is 5.87. The van der Waals surface area contributed by atoms with Crippen molar-refractivity contribution in [1.29, 1.82) is 0 Å². The molecule has 2 saturated carbocycles. The summed E-state index contributed by atoms with van der Waals surface area (Å²) in [7, 11) is 0. The number of fused-ring (bicyclic) bond motifs is 1. The van der Waals surface area contributed by atoms with Crippen molar-refractivity contribution in [2.45, 2.75) is 62.9 Å². The Balaban J connectivity index is 1.35. The van der Waals surface area contributed by atoms with Gasteiger partial charge < -0.3 is 15.1 Å². The highest BCUT2D eigenvalue weighted by Gasteiger charge is 2.35. The number of hydrogen-bond acceptors (Lipinski definition) is 4. The van der Waals surface area contributed by atoms with Gasteiger partial charge in [0.15, 0.2) is 11.5 Å². The van der Waals surface area contributed by atoms with Crippen LogP contribution in [0.4, 0.5) is 5.69 Å². The molecule has 2 aliphatic carbocycles. The highest BCUT2D eigenvalue weighted by atomic mass is 16.3. The van der Waals surface area contributed by atoms with Gasteiger partial charge in [-0.05, 0) is 69.2 Å². The van der Waals surface area contributed by atoms with E-state index >= 15 is 0 Å². The van der Waals surface area contributed by atoms with Gasteiger partial charge >= 0.3 is 0 Å². The van der Waals surface area contributed by atoms with E-state index < -0.39 is 0 Å². The number of rotatable bonds is 4. The van der Waals surface area contributed by atoms with Gasteiger partial charge in [-0.15, -0.1) is 0 Å². The zero-order valence-electron chi connectivity index (χ0n) is 13.6. The average Bonchev–Trinajstić information content (AvgIpc) is 2.98. The van der Waals surface area contributed by atoms with Crippen LogP contribution in [0.1, 0.15) is 56.8 Å². The summed E-state index contributed by atoms with van der Waals surface area (Å²) in [6.07, 6.45) is 9.13. The zero-order chi connectivity index (χ0) is 15.2. The van der Waals surface area contributed by atoms with Crippen LogP contribution in [0, 0.1) is 5.92 Å². The molecule has 4 nitrogen and oxygen atoms in total. The Morgan fingerprint density at radius 1 is 1.09 bits per heavy atom. The first-order chi connectivity index (χ1) is 11.4. The molecule has 1 saturated heterocycles. The first-order valence-corrected chi connectivity index (χ1v) is 9.27. The van der Waals surface area contributed by atoms with Crippen LogP contribution in [0.5, 0.6) is 0 Å². The predicted molar refractivity (Wildman–Crippen MR) is 91.8 cm³/mol. The quantitative estimate of drug-likeness (QED) is 0.895. The van der Waals surface area contributed by atoms with E-state index in [2.05, 4.69) is 33.8 Å². The van der Waals surface area contributed by atoms with Crippen molar-refractivity contribution in [2.24, 2.45) is 5.92 Å². The molecule has 3 aliphatic rings. The van der Waals surface area contributed by atoms with Gasteiger partial charge in [0, 0.05) is 23.7 Å². The van der Waals surface area contributed by atoms with Crippen molar-refractivity contribution >= 4 is 16.8 Å². The van der Waals surface area contributed by atoms with Crippen LogP contribution in [0.2, 0.25) is 0 Å². The summed E-state index contributed by atoms with van der Waals surface area (Å²) in [4.78, 5) is 4.69. The molecule has 4 heteroatoms. The molecule has 0 bridgehead atoms. The lowest BCUT2D eigenvalue weighted by molar-refractivity contribution is 0.376. The molecule has 1 aromatic heterocycles.